The molecule has 1 N–H and O–H groups in total. The molecule has 1 aliphatic rings. The van der Waals surface area contributed by atoms with Gasteiger partial charge in [-0.1, -0.05) is 26.0 Å². The van der Waals surface area contributed by atoms with Gasteiger partial charge in [0.2, 0.25) is 5.91 Å². The topological polar surface area (TPSA) is 55.4 Å². The Labute approximate surface area is 102 Å². The normalized spacial score (nSPS) is 17.2. The summed E-state index contributed by atoms with van der Waals surface area (Å²) in [5, 5.41) is 2.79. The number of allylic oxidation sites excluding steroid dienone is 2. The minimum atomic E-state index is -0.520. The number of hydrogen-bond donors (Lipinski definition) is 1. The van der Waals surface area contributed by atoms with E-state index in [1.165, 1.54) is 7.11 Å². The average Bonchev–Trinajstić information content (AvgIpc) is 2.79. The molecule has 0 bridgehead atoms. The van der Waals surface area contributed by atoms with E-state index in [1.807, 2.05) is 26.0 Å². The molecule has 0 saturated heterocycles. The Bertz CT molecular complexity index is 302. The van der Waals surface area contributed by atoms with Crippen molar-refractivity contribution in [2.24, 2.45) is 11.8 Å². The van der Waals surface area contributed by atoms with E-state index < -0.39 is 6.04 Å². The van der Waals surface area contributed by atoms with E-state index >= 15 is 0 Å². The molecule has 0 aromatic rings. The maximum atomic E-state index is 11.9. The van der Waals surface area contributed by atoms with E-state index in [0.717, 1.165) is 12.8 Å². The minimum Gasteiger partial charge on any atom is -0.467 e. The number of hydrogen-bond acceptors (Lipinski definition) is 3. The molecule has 0 fully saturated rings. The summed E-state index contributed by atoms with van der Waals surface area (Å²) >= 11 is 0. The van der Waals surface area contributed by atoms with Crippen molar-refractivity contribution >= 4 is 11.9 Å². The van der Waals surface area contributed by atoms with E-state index in [2.05, 4.69) is 5.32 Å². The van der Waals surface area contributed by atoms with E-state index in [1.54, 1.807) is 0 Å². The second-order valence-electron chi connectivity index (χ2n) is 4.85. The third-order valence-corrected chi connectivity index (χ3v) is 2.89. The molecule has 0 aromatic carbocycles. The fraction of sp³-hybridized carbons (Fsp3) is 0.692. The molecule has 1 aliphatic carbocycles. The molecular formula is C13H21NO3. The summed E-state index contributed by atoms with van der Waals surface area (Å²) in [6.07, 6.45) is 6.14. The number of rotatable bonds is 5. The first-order chi connectivity index (χ1) is 8.04. The smallest absolute Gasteiger partial charge is 0.328 e. The van der Waals surface area contributed by atoms with Crippen LogP contribution in [0.5, 0.6) is 0 Å². The second-order valence-corrected chi connectivity index (χ2v) is 4.85. The van der Waals surface area contributed by atoms with Crippen LogP contribution in [-0.4, -0.2) is 25.0 Å². The van der Waals surface area contributed by atoms with Crippen molar-refractivity contribution < 1.29 is 14.3 Å². The zero-order chi connectivity index (χ0) is 12.8. The lowest BCUT2D eigenvalue weighted by atomic mass is 10.0. The quantitative estimate of drug-likeness (QED) is 0.586. The number of nitrogens with one attached hydrogen (secondary N) is 1. The van der Waals surface area contributed by atoms with Crippen molar-refractivity contribution in [2.75, 3.05) is 7.11 Å². The highest BCUT2D eigenvalue weighted by Gasteiger charge is 2.26. The van der Waals surface area contributed by atoms with E-state index in [0.29, 0.717) is 12.3 Å². The highest BCUT2D eigenvalue weighted by Crippen LogP contribution is 2.18. The molecule has 1 unspecified atom stereocenters. The lowest BCUT2D eigenvalue weighted by Gasteiger charge is -2.20. The highest BCUT2D eigenvalue weighted by molar-refractivity contribution is 5.86. The number of carbonyl (C=O) groups is 2. The summed E-state index contributed by atoms with van der Waals surface area (Å²) in [7, 11) is 1.35. The summed E-state index contributed by atoms with van der Waals surface area (Å²) in [5.41, 5.74) is 0. The van der Waals surface area contributed by atoms with E-state index in [-0.39, 0.29) is 17.8 Å². The Balaban J connectivity index is 2.52. The molecule has 4 heteroatoms. The molecule has 4 nitrogen and oxygen atoms in total. The molecule has 0 spiro atoms. The van der Waals surface area contributed by atoms with Crippen molar-refractivity contribution in [2.45, 2.75) is 39.2 Å². The lowest BCUT2D eigenvalue weighted by molar-refractivity contribution is -0.146. The fourth-order valence-electron chi connectivity index (χ4n) is 1.95. The summed E-state index contributed by atoms with van der Waals surface area (Å²) in [6.45, 7) is 4.03. The van der Waals surface area contributed by atoms with Gasteiger partial charge in [-0.2, -0.15) is 0 Å². The average molecular weight is 239 g/mol. The van der Waals surface area contributed by atoms with Crippen LogP contribution >= 0.6 is 0 Å². The summed E-state index contributed by atoms with van der Waals surface area (Å²) in [5.74, 6) is -0.0977. The first kappa shape index (κ1) is 13.7. The highest BCUT2D eigenvalue weighted by atomic mass is 16.5. The van der Waals surface area contributed by atoms with Crippen LogP contribution in [0.2, 0.25) is 0 Å². The van der Waals surface area contributed by atoms with Gasteiger partial charge in [-0.15, -0.1) is 0 Å². The lowest BCUT2D eigenvalue weighted by Crippen LogP contribution is -2.44. The summed E-state index contributed by atoms with van der Waals surface area (Å²) in [6, 6.07) is -0.520. The van der Waals surface area contributed by atoms with Crippen molar-refractivity contribution in [1.82, 2.24) is 5.32 Å². The van der Waals surface area contributed by atoms with Crippen LogP contribution in [0.3, 0.4) is 0 Å². The van der Waals surface area contributed by atoms with Gasteiger partial charge in [0.1, 0.15) is 6.04 Å². The Morgan fingerprint density at radius 1 is 1.35 bits per heavy atom. The molecule has 0 aliphatic heterocycles. The van der Waals surface area contributed by atoms with Gasteiger partial charge in [0.15, 0.2) is 0 Å². The largest absolute Gasteiger partial charge is 0.467 e. The van der Waals surface area contributed by atoms with Gasteiger partial charge in [0.05, 0.1) is 7.11 Å². The van der Waals surface area contributed by atoms with E-state index in [4.69, 9.17) is 4.74 Å². The van der Waals surface area contributed by atoms with Gasteiger partial charge >= 0.3 is 5.97 Å². The van der Waals surface area contributed by atoms with Crippen molar-refractivity contribution in [3.8, 4) is 0 Å². The third-order valence-electron chi connectivity index (χ3n) is 2.89. The standard InChI is InChI=1S/C13H21NO3/c1-9(2)8-11(13(16)17-3)14-12(15)10-6-4-5-7-10/h4-5,9-11H,6-8H2,1-3H3,(H,14,15). The van der Waals surface area contributed by atoms with Gasteiger partial charge in [-0.05, 0) is 25.2 Å². The number of amides is 1. The predicted octanol–water partition coefficient (Wildman–Crippen LogP) is 1.66. The molecule has 1 atom stereocenters. The van der Waals surface area contributed by atoms with Gasteiger partial charge in [-0.3, -0.25) is 4.79 Å². The van der Waals surface area contributed by atoms with Crippen LogP contribution in [0, 0.1) is 11.8 Å². The van der Waals surface area contributed by atoms with Crippen LogP contribution in [0.15, 0.2) is 12.2 Å². The second kappa shape index (κ2) is 6.42. The minimum absolute atomic E-state index is 0.0191. The Hall–Kier alpha value is -1.32. The molecule has 0 heterocycles. The molecule has 0 saturated carbocycles. The molecule has 17 heavy (non-hydrogen) atoms. The van der Waals surface area contributed by atoms with Gasteiger partial charge in [0, 0.05) is 5.92 Å². The van der Waals surface area contributed by atoms with Gasteiger partial charge in [0.25, 0.3) is 0 Å². The summed E-state index contributed by atoms with van der Waals surface area (Å²) in [4.78, 5) is 23.4. The third kappa shape index (κ3) is 4.21. The maximum Gasteiger partial charge on any atom is 0.328 e. The van der Waals surface area contributed by atoms with Gasteiger partial charge in [-0.25, -0.2) is 4.79 Å². The van der Waals surface area contributed by atoms with Crippen LogP contribution in [0.25, 0.3) is 0 Å². The zero-order valence-corrected chi connectivity index (χ0v) is 10.7. The fourth-order valence-corrected chi connectivity index (χ4v) is 1.95. The van der Waals surface area contributed by atoms with E-state index in [9.17, 15) is 9.59 Å². The van der Waals surface area contributed by atoms with Crippen LogP contribution in [0.1, 0.15) is 33.1 Å². The first-order valence-electron chi connectivity index (χ1n) is 6.07. The molecule has 0 aromatic heterocycles. The maximum absolute atomic E-state index is 11.9. The first-order valence-corrected chi connectivity index (χ1v) is 6.07. The molecule has 1 amide bonds. The number of carbonyl (C=O) groups excluding carboxylic acids is 2. The van der Waals surface area contributed by atoms with Crippen LogP contribution < -0.4 is 5.32 Å². The predicted molar refractivity (Wildman–Crippen MR) is 65.3 cm³/mol. The van der Waals surface area contributed by atoms with Gasteiger partial charge < -0.3 is 10.1 Å². The Kier molecular flexibility index (Phi) is 5.19. The molecule has 1 rings (SSSR count). The Morgan fingerprint density at radius 3 is 2.41 bits per heavy atom. The van der Waals surface area contributed by atoms with Crippen molar-refractivity contribution in [3.05, 3.63) is 12.2 Å². The zero-order valence-electron chi connectivity index (χ0n) is 10.7. The van der Waals surface area contributed by atoms with Crippen molar-refractivity contribution in [1.29, 1.82) is 0 Å². The SMILES string of the molecule is COC(=O)C(CC(C)C)NC(=O)C1CC=CC1. The monoisotopic (exact) mass is 239 g/mol. The van der Waals surface area contributed by atoms with Crippen molar-refractivity contribution in [3.63, 3.8) is 0 Å². The molecule has 0 radical (unpaired) electrons. The molecular weight excluding hydrogens is 218 g/mol. The van der Waals surface area contributed by atoms with Crippen LogP contribution in [-0.2, 0) is 14.3 Å². The summed E-state index contributed by atoms with van der Waals surface area (Å²) < 4.78 is 4.71. The number of ether oxygens (including phenoxy) is 1. The number of esters is 1. The number of methoxy groups -OCH3 is 1. The molecule has 96 valence electrons. The van der Waals surface area contributed by atoms with Crippen LogP contribution in [0.4, 0.5) is 0 Å². The Morgan fingerprint density at radius 2 is 1.94 bits per heavy atom.